The van der Waals surface area contributed by atoms with E-state index in [0.29, 0.717) is 19.1 Å². The molecule has 0 saturated carbocycles. The lowest BCUT2D eigenvalue weighted by Crippen LogP contribution is -2.47. The molecular formula is C17H29N3O2S. The first-order valence-corrected chi connectivity index (χ1v) is 9.21. The van der Waals surface area contributed by atoms with Crippen LogP contribution in [0.2, 0.25) is 0 Å². The summed E-state index contributed by atoms with van der Waals surface area (Å²) in [6.07, 6.45) is 2.91. The molecular weight excluding hydrogens is 310 g/mol. The number of thiazole rings is 1. The highest BCUT2D eigenvalue weighted by Gasteiger charge is 2.33. The summed E-state index contributed by atoms with van der Waals surface area (Å²) in [5, 5.41) is 7.48. The third kappa shape index (κ3) is 4.99. The number of hydrogen-bond acceptors (Lipinski definition) is 5. The van der Waals surface area contributed by atoms with Gasteiger partial charge in [0.1, 0.15) is 4.88 Å². The number of carbonyl (C=O) groups excluding carboxylic acids is 1. The molecule has 0 unspecified atom stereocenters. The van der Waals surface area contributed by atoms with Crippen molar-refractivity contribution in [3.8, 4) is 0 Å². The molecule has 0 aromatic carbocycles. The van der Waals surface area contributed by atoms with E-state index in [2.05, 4.69) is 29.5 Å². The van der Waals surface area contributed by atoms with Crippen LogP contribution >= 0.6 is 11.3 Å². The number of methoxy groups -OCH3 is 1. The molecule has 0 aliphatic carbocycles. The Bertz CT molecular complexity index is 516. The number of aromatic nitrogens is 1. The first-order valence-electron chi connectivity index (χ1n) is 8.40. The maximum absolute atomic E-state index is 12.7. The topological polar surface area (TPSA) is 63.2 Å². The highest BCUT2D eigenvalue weighted by Crippen LogP contribution is 2.29. The summed E-state index contributed by atoms with van der Waals surface area (Å²) < 4.78 is 5.41. The minimum absolute atomic E-state index is 0.0141. The summed E-state index contributed by atoms with van der Waals surface area (Å²) in [7, 11) is 1.74. The number of nitrogens with zero attached hydrogens (tertiary/aromatic N) is 1. The van der Waals surface area contributed by atoms with Crippen LogP contribution in [0.5, 0.6) is 0 Å². The standard InChI is InChI=1S/C17H29N3O2S/c1-12(2)9-14-15(23-13(3)20-14)16(21)19-10-17(11-22-4)5-7-18-8-6-17/h12,18H,5-11H2,1-4H3,(H,19,21). The van der Waals surface area contributed by atoms with Gasteiger partial charge >= 0.3 is 0 Å². The summed E-state index contributed by atoms with van der Waals surface area (Å²) in [6, 6.07) is 0. The molecule has 1 aromatic rings. The third-order valence-corrected chi connectivity index (χ3v) is 5.36. The van der Waals surface area contributed by atoms with Gasteiger partial charge in [-0.2, -0.15) is 0 Å². The monoisotopic (exact) mass is 339 g/mol. The number of aryl methyl sites for hydroxylation is 1. The zero-order chi connectivity index (χ0) is 16.9. The lowest BCUT2D eigenvalue weighted by Gasteiger charge is -2.37. The number of hydrogen-bond donors (Lipinski definition) is 2. The van der Waals surface area contributed by atoms with E-state index in [4.69, 9.17) is 4.74 Å². The molecule has 2 heterocycles. The summed E-state index contributed by atoms with van der Waals surface area (Å²) >= 11 is 1.50. The normalized spacial score (nSPS) is 17.4. The fourth-order valence-corrected chi connectivity index (χ4v) is 4.02. The van der Waals surface area contributed by atoms with Gasteiger partial charge < -0.3 is 15.4 Å². The summed E-state index contributed by atoms with van der Waals surface area (Å²) in [6.45, 7) is 9.59. The fraction of sp³-hybridized carbons (Fsp3) is 0.765. The first-order chi connectivity index (χ1) is 11.0. The second-order valence-corrected chi connectivity index (χ2v) is 8.18. The molecule has 5 nitrogen and oxygen atoms in total. The van der Waals surface area contributed by atoms with E-state index in [1.807, 2.05) is 6.92 Å². The molecule has 0 spiro atoms. The van der Waals surface area contributed by atoms with Gasteiger partial charge in [0.15, 0.2) is 0 Å². The minimum Gasteiger partial charge on any atom is -0.384 e. The Hall–Kier alpha value is -0.980. The van der Waals surface area contributed by atoms with Crippen LogP contribution in [0.15, 0.2) is 0 Å². The zero-order valence-corrected chi connectivity index (χ0v) is 15.5. The molecule has 1 aromatic heterocycles. The van der Waals surface area contributed by atoms with Crippen molar-refractivity contribution in [1.82, 2.24) is 15.6 Å². The molecule has 1 fully saturated rings. The van der Waals surface area contributed by atoms with E-state index in [0.717, 1.165) is 47.9 Å². The van der Waals surface area contributed by atoms with E-state index in [1.54, 1.807) is 7.11 Å². The molecule has 1 aliphatic rings. The smallest absolute Gasteiger partial charge is 0.263 e. The van der Waals surface area contributed by atoms with Crippen LogP contribution in [-0.2, 0) is 11.2 Å². The molecule has 0 bridgehead atoms. The van der Waals surface area contributed by atoms with Crippen LogP contribution in [0.25, 0.3) is 0 Å². The minimum atomic E-state index is 0.0141. The van der Waals surface area contributed by atoms with Gasteiger partial charge in [0, 0.05) is 19.1 Å². The second kappa shape index (κ2) is 8.22. The average molecular weight is 340 g/mol. The average Bonchev–Trinajstić information content (AvgIpc) is 2.86. The number of ether oxygens (including phenoxy) is 1. The Morgan fingerprint density at radius 2 is 2.13 bits per heavy atom. The van der Waals surface area contributed by atoms with Gasteiger partial charge in [-0.1, -0.05) is 13.8 Å². The lowest BCUT2D eigenvalue weighted by molar-refractivity contribution is 0.0512. The Labute approximate surface area is 143 Å². The number of piperidine rings is 1. The Morgan fingerprint density at radius 3 is 2.74 bits per heavy atom. The highest BCUT2D eigenvalue weighted by atomic mass is 32.1. The number of rotatable bonds is 7. The maximum atomic E-state index is 12.7. The summed E-state index contributed by atoms with van der Waals surface area (Å²) in [4.78, 5) is 18.0. The van der Waals surface area contributed by atoms with Crippen molar-refractivity contribution in [2.45, 2.75) is 40.0 Å². The van der Waals surface area contributed by atoms with Crippen molar-refractivity contribution >= 4 is 17.2 Å². The van der Waals surface area contributed by atoms with E-state index in [1.165, 1.54) is 11.3 Å². The number of nitrogens with one attached hydrogen (secondary N) is 2. The van der Waals surface area contributed by atoms with Gasteiger partial charge in [0.2, 0.25) is 0 Å². The van der Waals surface area contributed by atoms with Gasteiger partial charge in [0.25, 0.3) is 5.91 Å². The predicted molar refractivity (Wildman–Crippen MR) is 94.1 cm³/mol. The van der Waals surface area contributed by atoms with Gasteiger partial charge in [-0.05, 0) is 45.2 Å². The molecule has 1 saturated heterocycles. The number of carbonyl (C=O) groups is 1. The maximum Gasteiger partial charge on any atom is 0.263 e. The van der Waals surface area contributed by atoms with Crippen molar-refractivity contribution in [3.63, 3.8) is 0 Å². The Kier molecular flexibility index (Phi) is 6.56. The summed E-state index contributed by atoms with van der Waals surface area (Å²) in [5.74, 6) is 0.507. The van der Waals surface area contributed by atoms with Crippen molar-refractivity contribution in [2.75, 3.05) is 33.4 Å². The molecule has 2 N–H and O–H groups in total. The quantitative estimate of drug-likeness (QED) is 0.801. The van der Waals surface area contributed by atoms with Gasteiger partial charge in [-0.25, -0.2) is 4.98 Å². The number of amides is 1. The second-order valence-electron chi connectivity index (χ2n) is 6.97. The largest absolute Gasteiger partial charge is 0.384 e. The van der Waals surface area contributed by atoms with Crippen LogP contribution in [0.1, 0.15) is 47.1 Å². The molecule has 23 heavy (non-hydrogen) atoms. The van der Waals surface area contributed by atoms with Crippen LogP contribution in [0.4, 0.5) is 0 Å². The van der Waals surface area contributed by atoms with Crippen molar-refractivity contribution < 1.29 is 9.53 Å². The van der Waals surface area contributed by atoms with Crippen molar-refractivity contribution in [1.29, 1.82) is 0 Å². The van der Waals surface area contributed by atoms with Crippen LogP contribution in [-0.4, -0.2) is 44.2 Å². The SMILES string of the molecule is COCC1(CNC(=O)c2sc(C)nc2CC(C)C)CCNCC1. The molecule has 6 heteroatoms. The van der Waals surface area contributed by atoms with E-state index in [-0.39, 0.29) is 11.3 Å². The molecule has 2 rings (SSSR count). The molecule has 1 aliphatic heterocycles. The molecule has 0 atom stereocenters. The van der Waals surface area contributed by atoms with Gasteiger partial charge in [-0.3, -0.25) is 4.79 Å². The van der Waals surface area contributed by atoms with Crippen LogP contribution in [0, 0.1) is 18.3 Å². The molecule has 1 amide bonds. The molecule has 0 radical (unpaired) electrons. The van der Waals surface area contributed by atoms with Crippen LogP contribution < -0.4 is 10.6 Å². The fourth-order valence-electron chi connectivity index (χ4n) is 3.16. The molecule has 130 valence electrons. The van der Waals surface area contributed by atoms with Gasteiger partial charge in [0.05, 0.1) is 17.3 Å². The van der Waals surface area contributed by atoms with Gasteiger partial charge in [-0.15, -0.1) is 11.3 Å². The van der Waals surface area contributed by atoms with Crippen molar-refractivity contribution in [2.24, 2.45) is 11.3 Å². The highest BCUT2D eigenvalue weighted by molar-refractivity contribution is 7.13. The third-order valence-electron chi connectivity index (χ3n) is 4.35. The Balaban J connectivity index is 2.03. The van der Waals surface area contributed by atoms with Crippen molar-refractivity contribution in [3.05, 3.63) is 15.6 Å². The van der Waals surface area contributed by atoms with E-state index < -0.39 is 0 Å². The van der Waals surface area contributed by atoms with E-state index in [9.17, 15) is 4.79 Å². The van der Waals surface area contributed by atoms with Crippen LogP contribution in [0.3, 0.4) is 0 Å². The zero-order valence-electron chi connectivity index (χ0n) is 14.7. The summed E-state index contributed by atoms with van der Waals surface area (Å²) in [5.41, 5.74) is 0.985. The Morgan fingerprint density at radius 1 is 1.43 bits per heavy atom. The predicted octanol–water partition coefficient (Wildman–Crippen LogP) is 2.40. The van der Waals surface area contributed by atoms with E-state index >= 15 is 0 Å². The first kappa shape index (κ1) is 18.4. The lowest BCUT2D eigenvalue weighted by atomic mass is 9.79.